The van der Waals surface area contributed by atoms with Gasteiger partial charge in [-0.05, 0) is 37.0 Å². The molecule has 1 aliphatic carbocycles. The highest BCUT2D eigenvalue weighted by molar-refractivity contribution is 6.20. The van der Waals surface area contributed by atoms with Gasteiger partial charge in [0.1, 0.15) is 0 Å². The Morgan fingerprint density at radius 2 is 1.78 bits per heavy atom. The number of hydrogen-bond acceptors (Lipinski definition) is 5. The lowest BCUT2D eigenvalue weighted by atomic mass is 9.89. The largest absolute Gasteiger partial charge is 0.452 e. The molecule has 0 radical (unpaired) electrons. The lowest BCUT2D eigenvalue weighted by Crippen LogP contribution is -2.33. The van der Waals surface area contributed by atoms with Crippen LogP contribution in [0.25, 0.3) is 0 Å². The van der Waals surface area contributed by atoms with Gasteiger partial charge in [0.2, 0.25) is 11.8 Å². The van der Waals surface area contributed by atoms with Gasteiger partial charge in [0.05, 0.1) is 11.3 Å². The van der Waals surface area contributed by atoms with Crippen molar-refractivity contribution in [1.29, 1.82) is 0 Å². The van der Waals surface area contributed by atoms with Crippen molar-refractivity contribution < 1.29 is 23.9 Å². The minimum atomic E-state index is -0.663. The third kappa shape index (κ3) is 4.93. The van der Waals surface area contributed by atoms with Crippen LogP contribution >= 0.6 is 0 Å². The highest BCUT2D eigenvalue weighted by Crippen LogP contribution is 2.24. The lowest BCUT2D eigenvalue weighted by molar-refractivity contribution is -0.124. The number of anilines is 1. The zero-order valence-corrected chi connectivity index (χ0v) is 15.2. The van der Waals surface area contributed by atoms with Crippen molar-refractivity contribution in [2.45, 2.75) is 44.9 Å². The summed E-state index contributed by atoms with van der Waals surface area (Å²) in [6, 6.07) is 6.13. The summed E-state index contributed by atoms with van der Waals surface area (Å²) in [4.78, 5) is 48.8. The minimum absolute atomic E-state index is 0.175. The maximum Gasteiger partial charge on any atom is 0.338 e. The molecule has 1 N–H and O–H groups in total. The molecule has 1 saturated carbocycles. The Balaban J connectivity index is 1.50. The molecular formula is C20H24N2O5. The van der Waals surface area contributed by atoms with Crippen LogP contribution in [0.1, 0.15) is 55.3 Å². The molecule has 7 heteroatoms. The topological polar surface area (TPSA) is 92.8 Å². The van der Waals surface area contributed by atoms with Gasteiger partial charge in [0, 0.05) is 19.4 Å². The van der Waals surface area contributed by atoms with Crippen LogP contribution in [-0.4, -0.2) is 36.8 Å². The molecule has 3 amide bonds. The molecule has 1 aromatic carbocycles. The van der Waals surface area contributed by atoms with Gasteiger partial charge in [-0.3, -0.25) is 19.3 Å². The van der Waals surface area contributed by atoms with Crippen molar-refractivity contribution in [2.24, 2.45) is 5.92 Å². The first-order valence-electron chi connectivity index (χ1n) is 9.44. The van der Waals surface area contributed by atoms with E-state index in [9.17, 15) is 19.2 Å². The van der Waals surface area contributed by atoms with Crippen molar-refractivity contribution in [2.75, 3.05) is 18.1 Å². The Bertz CT molecular complexity index is 724. The Labute approximate surface area is 158 Å². The molecule has 1 saturated heterocycles. The van der Waals surface area contributed by atoms with Gasteiger partial charge in [-0.15, -0.1) is 0 Å². The van der Waals surface area contributed by atoms with Crippen molar-refractivity contribution >= 4 is 29.4 Å². The third-order valence-electron chi connectivity index (χ3n) is 5.04. The predicted octanol–water partition coefficient (Wildman–Crippen LogP) is 2.19. The number of rotatable bonds is 6. The molecular weight excluding hydrogens is 348 g/mol. The molecule has 0 atom stereocenters. The Hall–Kier alpha value is -2.70. The second kappa shape index (κ2) is 8.79. The third-order valence-corrected chi connectivity index (χ3v) is 5.04. The smallest absolute Gasteiger partial charge is 0.338 e. The number of ether oxygens (including phenoxy) is 1. The zero-order valence-electron chi connectivity index (χ0n) is 15.2. The van der Waals surface area contributed by atoms with E-state index in [4.69, 9.17) is 4.74 Å². The Morgan fingerprint density at radius 3 is 2.48 bits per heavy atom. The normalized spacial score (nSPS) is 17.9. The summed E-state index contributed by atoms with van der Waals surface area (Å²) in [6.45, 7) is 0.266. The Kier molecular flexibility index (Phi) is 6.21. The number of imide groups is 1. The van der Waals surface area contributed by atoms with E-state index in [0.29, 0.717) is 18.2 Å². The molecule has 3 rings (SSSR count). The first-order valence-corrected chi connectivity index (χ1v) is 9.44. The monoisotopic (exact) mass is 372 g/mol. The van der Waals surface area contributed by atoms with Crippen LogP contribution in [0.4, 0.5) is 5.69 Å². The van der Waals surface area contributed by atoms with E-state index in [-0.39, 0.29) is 42.7 Å². The van der Waals surface area contributed by atoms with Crippen molar-refractivity contribution in [3.8, 4) is 0 Å². The highest BCUT2D eigenvalue weighted by Gasteiger charge is 2.30. The fourth-order valence-electron chi connectivity index (χ4n) is 3.55. The van der Waals surface area contributed by atoms with Crippen LogP contribution in [0, 0.1) is 5.92 Å². The second-order valence-electron chi connectivity index (χ2n) is 7.06. The van der Waals surface area contributed by atoms with E-state index < -0.39 is 5.97 Å². The SMILES string of the molecule is O=C(COC(=O)c1cccc(N2C(=O)CCC2=O)c1)NCC1CCCCC1. The van der Waals surface area contributed by atoms with Gasteiger partial charge in [-0.25, -0.2) is 4.79 Å². The summed E-state index contributed by atoms with van der Waals surface area (Å²) >= 11 is 0. The number of carbonyl (C=O) groups is 4. The van der Waals surface area contributed by atoms with E-state index in [1.165, 1.54) is 31.4 Å². The Morgan fingerprint density at radius 1 is 1.07 bits per heavy atom. The highest BCUT2D eigenvalue weighted by atomic mass is 16.5. The van der Waals surface area contributed by atoms with Gasteiger partial charge in [-0.2, -0.15) is 0 Å². The van der Waals surface area contributed by atoms with Crippen LogP contribution in [-0.2, 0) is 19.1 Å². The van der Waals surface area contributed by atoms with Crippen molar-refractivity contribution in [1.82, 2.24) is 5.32 Å². The van der Waals surface area contributed by atoms with Crippen molar-refractivity contribution in [3.63, 3.8) is 0 Å². The van der Waals surface area contributed by atoms with E-state index in [1.54, 1.807) is 12.1 Å². The average molecular weight is 372 g/mol. The van der Waals surface area contributed by atoms with Crippen LogP contribution < -0.4 is 10.2 Å². The van der Waals surface area contributed by atoms with Gasteiger partial charge in [-0.1, -0.05) is 25.3 Å². The molecule has 0 bridgehead atoms. The molecule has 7 nitrogen and oxygen atoms in total. The number of nitrogens with one attached hydrogen (secondary N) is 1. The summed E-state index contributed by atoms with van der Waals surface area (Å²) < 4.78 is 5.06. The van der Waals surface area contributed by atoms with E-state index >= 15 is 0 Å². The number of amides is 3. The molecule has 0 aromatic heterocycles. The van der Waals surface area contributed by atoms with Crippen LogP contribution in [0.5, 0.6) is 0 Å². The predicted molar refractivity (Wildman–Crippen MR) is 98.0 cm³/mol. The molecule has 0 spiro atoms. The maximum atomic E-state index is 12.2. The number of carbonyl (C=O) groups excluding carboxylic acids is 4. The fourth-order valence-corrected chi connectivity index (χ4v) is 3.55. The summed E-state index contributed by atoms with van der Waals surface area (Å²) in [6.07, 6.45) is 6.27. The van der Waals surface area contributed by atoms with Gasteiger partial charge >= 0.3 is 5.97 Å². The summed E-state index contributed by atoms with van der Waals surface area (Å²) in [5.74, 6) is -1.05. The molecule has 2 fully saturated rings. The number of esters is 1. The number of benzene rings is 1. The van der Waals surface area contributed by atoms with Crippen LogP contribution in [0.15, 0.2) is 24.3 Å². The number of hydrogen-bond donors (Lipinski definition) is 1. The molecule has 1 heterocycles. The second-order valence-corrected chi connectivity index (χ2v) is 7.06. The summed E-state index contributed by atoms with van der Waals surface area (Å²) in [5, 5.41) is 2.81. The van der Waals surface area contributed by atoms with Crippen LogP contribution in [0.2, 0.25) is 0 Å². The lowest BCUT2D eigenvalue weighted by Gasteiger charge is -2.21. The maximum absolute atomic E-state index is 12.2. The first kappa shape index (κ1) is 19.1. The summed E-state index contributed by atoms with van der Waals surface area (Å²) in [5.41, 5.74) is 0.541. The van der Waals surface area contributed by atoms with E-state index in [0.717, 1.165) is 17.7 Å². The molecule has 1 aliphatic heterocycles. The standard InChI is InChI=1S/C20H24N2O5/c23-17(21-12-14-5-2-1-3-6-14)13-27-20(26)15-7-4-8-16(11-15)22-18(24)9-10-19(22)25/h4,7-8,11,14H,1-3,5-6,9-10,12-13H2,(H,21,23). The van der Waals surface area contributed by atoms with Crippen LogP contribution in [0.3, 0.4) is 0 Å². The van der Waals surface area contributed by atoms with E-state index in [2.05, 4.69) is 5.32 Å². The molecule has 0 unspecified atom stereocenters. The fraction of sp³-hybridized carbons (Fsp3) is 0.500. The molecule has 2 aliphatic rings. The quantitative estimate of drug-likeness (QED) is 0.610. The van der Waals surface area contributed by atoms with Gasteiger partial charge in [0.15, 0.2) is 6.61 Å². The van der Waals surface area contributed by atoms with E-state index in [1.807, 2.05) is 0 Å². The molecule has 144 valence electrons. The first-order chi connectivity index (χ1) is 13.0. The number of nitrogens with zero attached hydrogens (tertiary/aromatic N) is 1. The zero-order chi connectivity index (χ0) is 19.2. The molecule has 27 heavy (non-hydrogen) atoms. The average Bonchev–Trinajstić information content (AvgIpc) is 3.03. The van der Waals surface area contributed by atoms with Gasteiger partial charge < -0.3 is 10.1 Å². The summed E-state index contributed by atoms with van der Waals surface area (Å²) in [7, 11) is 0. The van der Waals surface area contributed by atoms with Gasteiger partial charge in [0.25, 0.3) is 5.91 Å². The minimum Gasteiger partial charge on any atom is -0.452 e. The van der Waals surface area contributed by atoms with Crippen molar-refractivity contribution in [3.05, 3.63) is 29.8 Å². The molecule has 1 aromatic rings.